The largest absolute Gasteiger partial charge is 0.457 e. The van der Waals surface area contributed by atoms with E-state index in [1.54, 1.807) is 0 Å². The second-order valence-corrected chi connectivity index (χ2v) is 20.1. The third-order valence-corrected chi connectivity index (χ3v) is 13.4. The summed E-state index contributed by atoms with van der Waals surface area (Å²) in [5, 5.41) is 72.3. The third kappa shape index (κ3) is 33.9. The van der Waals surface area contributed by atoms with E-state index in [4.69, 9.17) is 28.4 Å². The van der Waals surface area contributed by atoms with Crippen LogP contribution >= 0.6 is 0 Å². The van der Waals surface area contributed by atoms with Crippen LogP contribution < -0.4 is 0 Å². The van der Waals surface area contributed by atoms with Gasteiger partial charge in [0, 0.05) is 13.0 Å². The SMILES string of the molecule is CC/C=C\C/C=C\C/C=C\C/C=C\CCCCCCCCCCCCCCC(=O)OC(COCCCCCCCC/C=C\C/C=C\C/C=C\CC)COC1OC(COC2OC(CO)C(O)C(O)C2O)C(O)C(O)C1O. The second-order valence-electron chi connectivity index (χ2n) is 20.1. The number of ether oxygens (including phenoxy) is 6. The number of allylic oxidation sites excluding steroid dienone is 14. The van der Waals surface area contributed by atoms with E-state index < -0.39 is 80.7 Å². The number of carbonyl (C=O) groups is 1. The Bertz CT molecular complexity index is 1560. The van der Waals surface area contributed by atoms with Crippen molar-refractivity contribution in [2.75, 3.05) is 33.0 Å². The summed E-state index contributed by atoms with van der Waals surface area (Å²) in [6.45, 7) is 3.43. The van der Waals surface area contributed by atoms with Gasteiger partial charge in [0.15, 0.2) is 12.6 Å². The summed E-state index contributed by atoms with van der Waals surface area (Å²) in [4.78, 5) is 13.1. The molecular formula is C61H104O14. The lowest BCUT2D eigenvalue weighted by molar-refractivity contribution is -0.332. The predicted octanol–water partition coefficient (Wildman–Crippen LogP) is 10.4. The molecule has 14 heteroatoms. The molecule has 0 aromatic heterocycles. The predicted molar refractivity (Wildman–Crippen MR) is 298 cm³/mol. The molecular weight excluding hydrogens is 957 g/mol. The van der Waals surface area contributed by atoms with Crippen LogP contribution in [-0.4, -0.2) is 142 Å². The summed E-state index contributed by atoms with van der Waals surface area (Å²) in [6.07, 6.45) is 45.0. The van der Waals surface area contributed by atoms with Crippen molar-refractivity contribution >= 4 is 5.97 Å². The lowest BCUT2D eigenvalue weighted by Gasteiger charge is -2.42. The fourth-order valence-corrected chi connectivity index (χ4v) is 8.76. The molecule has 11 unspecified atom stereocenters. The molecule has 432 valence electrons. The molecule has 11 atom stereocenters. The van der Waals surface area contributed by atoms with Gasteiger partial charge in [0.2, 0.25) is 0 Å². The minimum absolute atomic E-state index is 0.0480. The van der Waals surface area contributed by atoms with Crippen molar-refractivity contribution in [2.45, 2.75) is 261 Å². The molecule has 0 bridgehead atoms. The van der Waals surface area contributed by atoms with Gasteiger partial charge in [0.25, 0.3) is 0 Å². The van der Waals surface area contributed by atoms with Crippen LogP contribution in [0.25, 0.3) is 0 Å². The van der Waals surface area contributed by atoms with Gasteiger partial charge in [0.1, 0.15) is 54.9 Å². The van der Waals surface area contributed by atoms with Crippen molar-refractivity contribution in [3.8, 4) is 0 Å². The lowest BCUT2D eigenvalue weighted by Crippen LogP contribution is -2.61. The van der Waals surface area contributed by atoms with Crippen LogP contribution in [0.15, 0.2) is 85.1 Å². The number of hydrogen-bond acceptors (Lipinski definition) is 14. The fraction of sp³-hybridized carbons (Fsp3) is 0.754. The summed E-state index contributed by atoms with van der Waals surface area (Å²) in [5.41, 5.74) is 0. The highest BCUT2D eigenvalue weighted by atomic mass is 16.7. The van der Waals surface area contributed by atoms with Crippen LogP contribution in [0.5, 0.6) is 0 Å². The van der Waals surface area contributed by atoms with Crippen molar-refractivity contribution in [1.29, 1.82) is 0 Å². The second kappa shape index (κ2) is 47.2. The maximum atomic E-state index is 13.1. The number of esters is 1. The highest BCUT2D eigenvalue weighted by Crippen LogP contribution is 2.26. The summed E-state index contributed by atoms with van der Waals surface area (Å²) >= 11 is 0. The Balaban J connectivity index is 1.70. The molecule has 0 amide bonds. The van der Waals surface area contributed by atoms with E-state index in [9.17, 15) is 40.5 Å². The average Bonchev–Trinajstić information content (AvgIpc) is 3.41. The van der Waals surface area contributed by atoms with Crippen molar-refractivity contribution in [3.63, 3.8) is 0 Å². The van der Waals surface area contributed by atoms with E-state index in [0.717, 1.165) is 103 Å². The Morgan fingerprint density at radius 1 is 0.440 bits per heavy atom. The fourth-order valence-electron chi connectivity index (χ4n) is 8.76. The molecule has 2 saturated heterocycles. The number of aliphatic hydroxyl groups is 7. The zero-order valence-corrected chi connectivity index (χ0v) is 46.3. The highest BCUT2D eigenvalue weighted by molar-refractivity contribution is 5.69. The van der Waals surface area contributed by atoms with Crippen LogP contribution in [0.2, 0.25) is 0 Å². The van der Waals surface area contributed by atoms with Crippen molar-refractivity contribution in [3.05, 3.63) is 85.1 Å². The topological polar surface area (TPSA) is 214 Å². The zero-order valence-electron chi connectivity index (χ0n) is 46.3. The molecule has 2 aliphatic heterocycles. The van der Waals surface area contributed by atoms with Crippen molar-refractivity contribution in [2.24, 2.45) is 0 Å². The van der Waals surface area contributed by atoms with E-state index in [1.165, 1.54) is 64.2 Å². The number of carbonyl (C=O) groups excluding carboxylic acids is 1. The summed E-state index contributed by atoms with van der Waals surface area (Å²) in [6, 6.07) is 0. The normalized spacial score (nSPS) is 25.2. The summed E-state index contributed by atoms with van der Waals surface area (Å²) in [5.74, 6) is -0.386. The Kier molecular flexibility index (Phi) is 43.0. The molecule has 14 nitrogen and oxygen atoms in total. The van der Waals surface area contributed by atoms with Crippen LogP contribution in [0.3, 0.4) is 0 Å². The van der Waals surface area contributed by atoms with E-state index in [-0.39, 0.29) is 25.6 Å². The first-order valence-corrected chi connectivity index (χ1v) is 29.2. The highest BCUT2D eigenvalue weighted by Gasteiger charge is 2.47. The van der Waals surface area contributed by atoms with Gasteiger partial charge in [-0.05, 0) is 83.5 Å². The van der Waals surface area contributed by atoms with Gasteiger partial charge in [-0.2, -0.15) is 0 Å². The molecule has 2 fully saturated rings. The maximum Gasteiger partial charge on any atom is 0.306 e. The van der Waals surface area contributed by atoms with Crippen LogP contribution in [-0.2, 0) is 33.2 Å². The molecule has 7 N–H and O–H groups in total. The van der Waals surface area contributed by atoms with E-state index in [0.29, 0.717) is 13.0 Å². The molecule has 75 heavy (non-hydrogen) atoms. The first kappa shape index (κ1) is 68.3. The number of aliphatic hydroxyl groups excluding tert-OH is 7. The van der Waals surface area contributed by atoms with Crippen molar-refractivity contribution < 1.29 is 69.0 Å². The molecule has 2 aliphatic rings. The summed E-state index contributed by atoms with van der Waals surface area (Å²) < 4.78 is 34.4. The molecule has 2 heterocycles. The van der Waals surface area contributed by atoms with Gasteiger partial charge in [0.05, 0.1) is 26.4 Å². The van der Waals surface area contributed by atoms with E-state index in [2.05, 4.69) is 98.9 Å². The van der Waals surface area contributed by atoms with Crippen molar-refractivity contribution in [1.82, 2.24) is 0 Å². The minimum Gasteiger partial charge on any atom is -0.457 e. The third-order valence-electron chi connectivity index (χ3n) is 13.4. The smallest absolute Gasteiger partial charge is 0.306 e. The van der Waals surface area contributed by atoms with E-state index in [1.807, 2.05) is 0 Å². The van der Waals surface area contributed by atoms with Gasteiger partial charge in [-0.25, -0.2) is 0 Å². The lowest BCUT2D eigenvalue weighted by atomic mass is 9.98. The maximum absolute atomic E-state index is 13.1. The number of rotatable bonds is 46. The standard InChI is InChI=1S/C61H104O14/c1-3-5-7-9-11-13-15-17-19-21-22-23-24-25-26-27-28-29-30-32-34-36-38-40-42-44-53(63)73-50(47-70-45-43-41-39-37-35-33-31-20-18-16-14-12-10-8-6-4-2)48-71-60-59(69)57(67)55(65)52(75-60)49-72-61-58(68)56(66)54(64)51(46-62)74-61/h5-8,11-14,17-20,22-23,50-52,54-62,64-69H,3-4,9-10,15-16,21,24-49H2,1-2H3/b7-5-,8-6-,13-11-,14-12-,19-17-,20-18-,23-22-. The van der Waals surface area contributed by atoms with Gasteiger partial charge in [-0.15, -0.1) is 0 Å². The monoisotopic (exact) mass is 1060 g/mol. The summed E-state index contributed by atoms with van der Waals surface area (Å²) in [7, 11) is 0. The molecule has 2 rings (SSSR count). The quantitative estimate of drug-likeness (QED) is 0.0172. The van der Waals surface area contributed by atoms with E-state index >= 15 is 0 Å². The van der Waals surface area contributed by atoms with Gasteiger partial charge in [-0.1, -0.05) is 189 Å². The molecule has 0 saturated carbocycles. The molecule has 0 radical (unpaired) electrons. The van der Waals surface area contributed by atoms with Crippen LogP contribution in [0, 0.1) is 0 Å². The van der Waals surface area contributed by atoms with Gasteiger partial charge in [-0.3, -0.25) is 4.79 Å². The van der Waals surface area contributed by atoms with Crippen LogP contribution in [0.4, 0.5) is 0 Å². The number of hydrogen-bond donors (Lipinski definition) is 7. The molecule has 0 aliphatic carbocycles. The first-order valence-electron chi connectivity index (χ1n) is 29.2. The Labute approximate surface area is 452 Å². The minimum atomic E-state index is -1.71. The van der Waals surface area contributed by atoms with Gasteiger partial charge >= 0.3 is 5.97 Å². The first-order chi connectivity index (χ1) is 36.6. The van der Waals surface area contributed by atoms with Crippen LogP contribution in [0.1, 0.15) is 194 Å². The Hall–Kier alpha value is -2.83. The molecule has 0 aromatic rings. The van der Waals surface area contributed by atoms with Gasteiger partial charge < -0.3 is 64.2 Å². The Morgan fingerprint density at radius 2 is 0.827 bits per heavy atom. The molecule has 0 aromatic carbocycles. The number of unbranched alkanes of at least 4 members (excludes halogenated alkanes) is 18. The average molecular weight is 1060 g/mol. The molecule has 0 spiro atoms. The zero-order chi connectivity index (χ0) is 54.4. The Morgan fingerprint density at radius 3 is 1.29 bits per heavy atom.